The van der Waals surface area contributed by atoms with Crippen LogP contribution in [-0.4, -0.2) is 31.7 Å². The molecule has 2 N–H and O–H groups in total. The fourth-order valence-corrected chi connectivity index (χ4v) is 1.99. The summed E-state index contributed by atoms with van der Waals surface area (Å²) in [5.41, 5.74) is 4.65. The van der Waals surface area contributed by atoms with Crippen LogP contribution in [0.5, 0.6) is 5.75 Å². The summed E-state index contributed by atoms with van der Waals surface area (Å²) in [6.45, 7) is 1.75. The Morgan fingerprint density at radius 2 is 1.96 bits per heavy atom. The van der Waals surface area contributed by atoms with Crippen molar-refractivity contribution < 1.29 is 14.3 Å². The van der Waals surface area contributed by atoms with E-state index in [9.17, 15) is 9.59 Å². The zero-order chi connectivity index (χ0) is 17.4. The van der Waals surface area contributed by atoms with Gasteiger partial charge in [0.25, 0.3) is 11.8 Å². The number of carbonyl (C=O) groups excluding carboxylic acids is 2. The minimum absolute atomic E-state index is 0.151. The molecule has 6 heteroatoms. The Morgan fingerprint density at radius 3 is 2.71 bits per heavy atom. The van der Waals surface area contributed by atoms with Crippen LogP contribution in [0, 0.1) is 6.92 Å². The van der Waals surface area contributed by atoms with Gasteiger partial charge in [-0.3, -0.25) is 9.59 Å². The molecule has 0 unspecified atom stereocenters. The van der Waals surface area contributed by atoms with Gasteiger partial charge < -0.3 is 10.1 Å². The summed E-state index contributed by atoms with van der Waals surface area (Å²) in [7, 11) is 1.58. The van der Waals surface area contributed by atoms with E-state index in [1.54, 1.807) is 31.4 Å². The fraction of sp³-hybridized carbons (Fsp3) is 0.167. The topological polar surface area (TPSA) is 79.8 Å². The van der Waals surface area contributed by atoms with Crippen molar-refractivity contribution in [1.82, 2.24) is 10.7 Å². The predicted octanol–water partition coefficient (Wildman–Crippen LogP) is 1.88. The van der Waals surface area contributed by atoms with Gasteiger partial charge in [-0.15, -0.1) is 0 Å². The first kappa shape index (κ1) is 17.2. The molecule has 0 aromatic heterocycles. The average molecular weight is 325 g/mol. The lowest BCUT2D eigenvalue weighted by Crippen LogP contribution is -2.34. The smallest absolute Gasteiger partial charge is 0.259 e. The van der Waals surface area contributed by atoms with Gasteiger partial charge in [-0.2, -0.15) is 5.10 Å². The normalized spacial score (nSPS) is 10.4. The molecule has 2 aromatic carbocycles. The SMILES string of the molecule is COc1cccc(/C=N/NC(=O)CNC(=O)c2cccc(C)c2)c1. The maximum Gasteiger partial charge on any atom is 0.259 e. The number of hydrogen-bond donors (Lipinski definition) is 2. The van der Waals surface area contributed by atoms with Gasteiger partial charge in [-0.1, -0.05) is 29.8 Å². The molecule has 0 fully saturated rings. The minimum Gasteiger partial charge on any atom is -0.497 e. The summed E-state index contributed by atoms with van der Waals surface area (Å²) in [5.74, 6) is -0.00327. The second kappa shape index (κ2) is 8.47. The number of ether oxygens (including phenoxy) is 1. The van der Waals surface area contributed by atoms with Crippen molar-refractivity contribution >= 4 is 18.0 Å². The molecule has 0 radical (unpaired) electrons. The number of aryl methyl sites for hydroxylation is 1. The average Bonchev–Trinajstić information content (AvgIpc) is 2.60. The molecular formula is C18H19N3O3. The van der Waals surface area contributed by atoms with Crippen LogP contribution < -0.4 is 15.5 Å². The van der Waals surface area contributed by atoms with Crippen molar-refractivity contribution in [3.63, 3.8) is 0 Å². The van der Waals surface area contributed by atoms with Gasteiger partial charge in [0.2, 0.25) is 0 Å². The van der Waals surface area contributed by atoms with Gasteiger partial charge in [-0.25, -0.2) is 5.43 Å². The van der Waals surface area contributed by atoms with Crippen LogP contribution >= 0.6 is 0 Å². The molecule has 0 aliphatic heterocycles. The largest absolute Gasteiger partial charge is 0.497 e. The highest BCUT2D eigenvalue weighted by Gasteiger charge is 2.07. The lowest BCUT2D eigenvalue weighted by atomic mass is 10.1. The summed E-state index contributed by atoms with van der Waals surface area (Å²) in [6, 6.07) is 14.4. The highest BCUT2D eigenvalue weighted by Crippen LogP contribution is 2.10. The maximum absolute atomic E-state index is 11.9. The number of carbonyl (C=O) groups is 2. The maximum atomic E-state index is 11.9. The van der Waals surface area contributed by atoms with Crippen LogP contribution in [-0.2, 0) is 4.79 Å². The van der Waals surface area contributed by atoms with Crippen molar-refractivity contribution in [2.75, 3.05) is 13.7 Å². The van der Waals surface area contributed by atoms with Crippen LogP contribution in [0.1, 0.15) is 21.5 Å². The first-order chi connectivity index (χ1) is 11.6. The highest BCUT2D eigenvalue weighted by atomic mass is 16.5. The predicted molar refractivity (Wildman–Crippen MR) is 92.2 cm³/mol. The molecule has 124 valence electrons. The molecule has 6 nitrogen and oxygen atoms in total. The van der Waals surface area contributed by atoms with Crippen LogP contribution in [0.3, 0.4) is 0 Å². The van der Waals surface area contributed by atoms with E-state index < -0.39 is 5.91 Å². The van der Waals surface area contributed by atoms with E-state index in [1.165, 1.54) is 6.21 Å². The Bertz CT molecular complexity index is 757. The fourth-order valence-electron chi connectivity index (χ4n) is 1.99. The van der Waals surface area contributed by atoms with Gasteiger partial charge in [0.1, 0.15) is 5.75 Å². The Morgan fingerprint density at radius 1 is 1.17 bits per heavy atom. The molecule has 2 aromatic rings. The Kier molecular flexibility index (Phi) is 6.08. The second-order valence-corrected chi connectivity index (χ2v) is 5.12. The summed E-state index contributed by atoms with van der Waals surface area (Å²) in [6.07, 6.45) is 1.50. The molecule has 0 saturated heterocycles. The third kappa shape index (κ3) is 5.24. The van der Waals surface area contributed by atoms with E-state index in [0.717, 1.165) is 11.1 Å². The number of hydrazone groups is 1. The van der Waals surface area contributed by atoms with Crippen LogP contribution in [0.25, 0.3) is 0 Å². The molecule has 0 aliphatic carbocycles. The zero-order valence-corrected chi connectivity index (χ0v) is 13.6. The number of benzene rings is 2. The van der Waals surface area contributed by atoms with Crippen molar-refractivity contribution in [1.29, 1.82) is 0 Å². The van der Waals surface area contributed by atoms with Gasteiger partial charge in [0.15, 0.2) is 0 Å². The van der Waals surface area contributed by atoms with Crippen LogP contribution in [0.4, 0.5) is 0 Å². The van der Waals surface area contributed by atoms with Crippen molar-refractivity contribution in [3.05, 3.63) is 65.2 Å². The van der Waals surface area contributed by atoms with E-state index in [4.69, 9.17) is 4.74 Å². The molecule has 0 heterocycles. The highest BCUT2D eigenvalue weighted by molar-refractivity contribution is 5.96. The number of amides is 2. The van der Waals surface area contributed by atoms with E-state index >= 15 is 0 Å². The van der Waals surface area contributed by atoms with Gasteiger partial charge in [0, 0.05) is 5.56 Å². The van der Waals surface area contributed by atoms with Crippen LogP contribution in [0.15, 0.2) is 53.6 Å². The standard InChI is InChI=1S/C18H19N3O3/c1-13-5-3-7-15(9-13)18(23)19-12-17(22)21-20-11-14-6-4-8-16(10-14)24-2/h3-11H,12H2,1-2H3,(H,19,23)(H,21,22)/b20-11+. The van der Waals surface area contributed by atoms with Gasteiger partial charge in [0.05, 0.1) is 19.9 Å². The minimum atomic E-state index is -0.407. The number of methoxy groups -OCH3 is 1. The first-order valence-corrected chi connectivity index (χ1v) is 7.39. The second-order valence-electron chi connectivity index (χ2n) is 5.12. The third-order valence-corrected chi connectivity index (χ3v) is 3.19. The summed E-state index contributed by atoms with van der Waals surface area (Å²) in [4.78, 5) is 23.6. The quantitative estimate of drug-likeness (QED) is 0.629. The zero-order valence-electron chi connectivity index (χ0n) is 13.6. The van der Waals surface area contributed by atoms with Gasteiger partial charge in [-0.05, 0) is 36.8 Å². The monoisotopic (exact) mass is 325 g/mol. The van der Waals surface area contributed by atoms with Crippen molar-refractivity contribution in [3.8, 4) is 5.75 Å². The van der Waals surface area contributed by atoms with Crippen LogP contribution in [0.2, 0.25) is 0 Å². The molecule has 2 amide bonds. The molecule has 0 aliphatic rings. The Balaban J connectivity index is 1.80. The van der Waals surface area contributed by atoms with Crippen molar-refractivity contribution in [2.24, 2.45) is 5.10 Å². The molecule has 0 spiro atoms. The summed E-state index contributed by atoms with van der Waals surface area (Å²) < 4.78 is 5.10. The molecule has 24 heavy (non-hydrogen) atoms. The van der Waals surface area contributed by atoms with Crippen molar-refractivity contribution in [2.45, 2.75) is 6.92 Å². The van der Waals surface area contributed by atoms with E-state index in [2.05, 4.69) is 15.8 Å². The number of nitrogens with zero attached hydrogens (tertiary/aromatic N) is 1. The van der Waals surface area contributed by atoms with E-state index in [-0.39, 0.29) is 12.5 Å². The lowest BCUT2D eigenvalue weighted by molar-refractivity contribution is -0.120. The molecule has 0 saturated carbocycles. The molecule has 2 rings (SSSR count). The molecule has 0 bridgehead atoms. The van der Waals surface area contributed by atoms with E-state index in [1.807, 2.05) is 31.2 Å². The Hall–Kier alpha value is -3.15. The number of rotatable bonds is 6. The summed E-state index contributed by atoms with van der Waals surface area (Å²) >= 11 is 0. The number of nitrogens with one attached hydrogen (secondary N) is 2. The summed E-state index contributed by atoms with van der Waals surface area (Å²) in [5, 5.41) is 6.40. The van der Waals surface area contributed by atoms with E-state index in [0.29, 0.717) is 11.3 Å². The number of hydrogen-bond acceptors (Lipinski definition) is 4. The third-order valence-electron chi connectivity index (χ3n) is 3.19. The molecule has 0 atom stereocenters. The lowest BCUT2D eigenvalue weighted by Gasteiger charge is -2.05. The molecular weight excluding hydrogens is 306 g/mol. The Labute approximate surface area is 140 Å². The first-order valence-electron chi connectivity index (χ1n) is 7.39. The van der Waals surface area contributed by atoms with Gasteiger partial charge >= 0.3 is 0 Å².